The molecule has 0 unspecified atom stereocenters. The molecule has 0 heterocycles. The van der Waals surface area contributed by atoms with Crippen molar-refractivity contribution in [2.24, 2.45) is 28.1 Å². The molecule has 0 spiro atoms. The highest BCUT2D eigenvalue weighted by Crippen LogP contribution is 2.68. The zero-order chi connectivity index (χ0) is 27.6. The van der Waals surface area contributed by atoms with Gasteiger partial charge in [-0.25, -0.2) is 0 Å². The van der Waals surface area contributed by atoms with E-state index < -0.39 is 27.9 Å². The Hall–Kier alpha value is -1.94. The van der Waals surface area contributed by atoms with Crippen LogP contribution in [0.3, 0.4) is 0 Å². The summed E-state index contributed by atoms with van der Waals surface area (Å²) in [5.74, 6) is -1.61. The Balaban J connectivity index is 3.03. The molecule has 1 saturated carbocycles. The maximum Gasteiger partial charge on any atom is 0.199 e. The molecule has 0 aromatic heterocycles. The first-order valence-electron chi connectivity index (χ1n) is 13.1. The second kappa shape index (κ2) is 11.2. The number of hydrogen-bond acceptors (Lipinski definition) is 4. The average molecular weight is 517 g/mol. The molecule has 2 aliphatic carbocycles. The first-order chi connectivity index (χ1) is 16.6. The third-order valence-electron chi connectivity index (χ3n) is 8.29. The molecule has 2 rings (SSSR count). The number of halogens is 1. The molecule has 0 amide bonds. The van der Waals surface area contributed by atoms with E-state index in [1.165, 1.54) is 12.7 Å². The second-order valence-corrected chi connectivity index (χ2v) is 12.4. The van der Waals surface area contributed by atoms with Gasteiger partial charge in [-0.1, -0.05) is 67.3 Å². The van der Waals surface area contributed by atoms with Gasteiger partial charge in [0.05, 0.1) is 12.5 Å². The monoisotopic (exact) mass is 516 g/mol. The summed E-state index contributed by atoms with van der Waals surface area (Å²) in [5, 5.41) is -0.0950. The summed E-state index contributed by atoms with van der Waals surface area (Å²) in [5.41, 5.74) is -0.508. The number of ketones is 3. The molecule has 4 atom stereocenters. The van der Waals surface area contributed by atoms with Crippen LogP contribution < -0.4 is 0 Å². The maximum atomic E-state index is 14.9. The van der Waals surface area contributed by atoms with Crippen LogP contribution in [0.1, 0.15) is 94.4 Å². The maximum absolute atomic E-state index is 14.9. The third-order valence-corrected chi connectivity index (χ3v) is 8.63. The SMILES string of the molecule is COC1=C(Cl)C(=O)[C@@]2(C(=O)C(C)C)C(=O)[C@]1(CC=C(C)C)C[C@H](CC=C(C)C)[C@@]2(C)CCC=C(C)C. The van der Waals surface area contributed by atoms with Crippen LogP contribution in [-0.4, -0.2) is 24.5 Å². The quantitative estimate of drug-likeness (QED) is 0.218. The summed E-state index contributed by atoms with van der Waals surface area (Å²) in [4.78, 5) is 43.4. The number of fused-ring (bicyclic) bond motifs is 2. The van der Waals surface area contributed by atoms with Gasteiger partial charge >= 0.3 is 0 Å². The largest absolute Gasteiger partial charge is 0.498 e. The zero-order valence-electron chi connectivity index (χ0n) is 23.9. The van der Waals surface area contributed by atoms with E-state index in [1.54, 1.807) is 13.8 Å². The molecule has 0 radical (unpaired) electrons. The highest BCUT2D eigenvalue weighted by atomic mass is 35.5. The van der Waals surface area contributed by atoms with Gasteiger partial charge in [0, 0.05) is 5.92 Å². The van der Waals surface area contributed by atoms with E-state index in [1.807, 2.05) is 54.5 Å². The molecule has 2 bridgehead atoms. The first-order valence-corrected chi connectivity index (χ1v) is 13.5. The number of allylic oxidation sites excluding steroid dienone is 8. The van der Waals surface area contributed by atoms with E-state index in [9.17, 15) is 14.4 Å². The molecular weight excluding hydrogens is 472 g/mol. The van der Waals surface area contributed by atoms with E-state index in [2.05, 4.69) is 12.2 Å². The van der Waals surface area contributed by atoms with E-state index in [-0.39, 0.29) is 28.3 Å². The Kier molecular flexibility index (Phi) is 9.43. The molecule has 36 heavy (non-hydrogen) atoms. The Bertz CT molecular complexity index is 1030. The zero-order valence-corrected chi connectivity index (χ0v) is 24.7. The fourth-order valence-electron chi connectivity index (χ4n) is 6.34. The van der Waals surface area contributed by atoms with E-state index in [0.717, 1.165) is 11.1 Å². The van der Waals surface area contributed by atoms with Gasteiger partial charge in [-0.2, -0.15) is 0 Å². The van der Waals surface area contributed by atoms with Gasteiger partial charge in [-0.05, 0) is 85.0 Å². The molecule has 1 fully saturated rings. The van der Waals surface area contributed by atoms with Crippen LogP contribution in [0.5, 0.6) is 0 Å². The van der Waals surface area contributed by atoms with Crippen LogP contribution in [0.4, 0.5) is 0 Å². The minimum absolute atomic E-state index is 0.0946. The summed E-state index contributed by atoms with van der Waals surface area (Å²) in [6.07, 6.45) is 9.01. The van der Waals surface area contributed by atoms with Crippen molar-refractivity contribution < 1.29 is 19.1 Å². The lowest BCUT2D eigenvalue weighted by atomic mass is 9.38. The Morgan fingerprint density at radius 1 is 1.03 bits per heavy atom. The molecule has 0 saturated heterocycles. The predicted octanol–water partition coefficient (Wildman–Crippen LogP) is 7.92. The van der Waals surface area contributed by atoms with Crippen molar-refractivity contribution in [1.29, 1.82) is 0 Å². The number of ether oxygens (including phenoxy) is 1. The van der Waals surface area contributed by atoms with Crippen LogP contribution in [0, 0.1) is 28.1 Å². The number of carbonyl (C=O) groups excluding carboxylic acids is 3. The predicted molar refractivity (Wildman–Crippen MR) is 148 cm³/mol. The van der Waals surface area contributed by atoms with Gasteiger partial charge < -0.3 is 4.74 Å². The lowest BCUT2D eigenvalue weighted by molar-refractivity contribution is -0.180. The molecule has 200 valence electrons. The number of rotatable bonds is 10. The third kappa shape index (κ3) is 4.83. The van der Waals surface area contributed by atoms with Crippen LogP contribution >= 0.6 is 11.6 Å². The Labute approximate surface area is 223 Å². The number of methoxy groups -OCH3 is 1. The first kappa shape index (κ1) is 30.3. The molecular formula is C31H45ClO4. The lowest BCUT2D eigenvalue weighted by Gasteiger charge is -2.61. The smallest absolute Gasteiger partial charge is 0.199 e. The summed E-state index contributed by atoms with van der Waals surface area (Å²) < 4.78 is 5.75. The van der Waals surface area contributed by atoms with Crippen LogP contribution in [0.25, 0.3) is 0 Å². The summed E-state index contributed by atoms with van der Waals surface area (Å²) >= 11 is 6.79. The number of carbonyl (C=O) groups is 3. The van der Waals surface area contributed by atoms with Crippen LogP contribution in [0.15, 0.2) is 45.7 Å². The van der Waals surface area contributed by atoms with Crippen molar-refractivity contribution >= 4 is 29.0 Å². The highest BCUT2D eigenvalue weighted by molar-refractivity contribution is 6.50. The summed E-state index contributed by atoms with van der Waals surface area (Å²) in [7, 11) is 1.47. The van der Waals surface area contributed by atoms with Gasteiger partial charge in [0.1, 0.15) is 10.8 Å². The standard InChI is InChI=1S/C31H45ClO4/c1-19(2)12-11-16-29(9)23(14-13-20(3)4)18-30(17-15-21(5)6)27(36-10)24(32)26(34)31(29,28(30)35)25(33)22(7)8/h12-13,15,22-23H,11,14,16-18H2,1-10H3/t23-,29+,30+,31-/m0/s1. The highest BCUT2D eigenvalue weighted by Gasteiger charge is 2.76. The molecule has 0 N–H and O–H groups in total. The Morgan fingerprint density at radius 3 is 2.06 bits per heavy atom. The van der Waals surface area contributed by atoms with Crippen molar-refractivity contribution in [1.82, 2.24) is 0 Å². The van der Waals surface area contributed by atoms with Gasteiger partial charge in [-0.15, -0.1) is 0 Å². The average Bonchev–Trinajstić information content (AvgIpc) is 2.78. The Morgan fingerprint density at radius 2 is 1.58 bits per heavy atom. The van der Waals surface area contributed by atoms with Gasteiger partial charge in [-0.3, -0.25) is 14.4 Å². The lowest BCUT2D eigenvalue weighted by Crippen LogP contribution is -2.70. The van der Waals surface area contributed by atoms with E-state index in [0.29, 0.717) is 32.1 Å². The second-order valence-electron chi connectivity index (χ2n) is 12.0. The van der Waals surface area contributed by atoms with Gasteiger partial charge in [0.25, 0.3) is 0 Å². The minimum atomic E-state index is -1.84. The van der Waals surface area contributed by atoms with Gasteiger partial charge in [0.2, 0.25) is 0 Å². The number of Topliss-reactive ketones (excluding diaryl/α,β-unsaturated/α-hetero) is 3. The van der Waals surface area contributed by atoms with Crippen molar-refractivity contribution in [2.45, 2.75) is 94.4 Å². The molecule has 0 aromatic carbocycles. The summed E-state index contributed by atoms with van der Waals surface area (Å²) in [6.45, 7) is 17.6. The van der Waals surface area contributed by atoms with Crippen molar-refractivity contribution in [3.05, 3.63) is 45.7 Å². The molecule has 0 aliphatic heterocycles. The molecule has 4 nitrogen and oxygen atoms in total. The molecule has 5 heteroatoms. The van der Waals surface area contributed by atoms with Crippen LogP contribution in [-0.2, 0) is 19.1 Å². The fourth-order valence-corrected chi connectivity index (χ4v) is 6.74. The minimum Gasteiger partial charge on any atom is -0.498 e. The normalized spacial score (nSPS) is 29.7. The van der Waals surface area contributed by atoms with Crippen molar-refractivity contribution in [2.75, 3.05) is 7.11 Å². The van der Waals surface area contributed by atoms with Gasteiger partial charge in [0.15, 0.2) is 22.8 Å². The summed E-state index contributed by atoms with van der Waals surface area (Å²) in [6, 6.07) is 0. The van der Waals surface area contributed by atoms with E-state index in [4.69, 9.17) is 16.3 Å². The molecule has 0 aromatic rings. The van der Waals surface area contributed by atoms with E-state index >= 15 is 0 Å². The van der Waals surface area contributed by atoms with Crippen molar-refractivity contribution in [3.63, 3.8) is 0 Å². The van der Waals surface area contributed by atoms with Crippen molar-refractivity contribution in [3.8, 4) is 0 Å². The van der Waals surface area contributed by atoms with Crippen LogP contribution in [0.2, 0.25) is 0 Å². The fraction of sp³-hybridized carbons (Fsp3) is 0.645. The topological polar surface area (TPSA) is 60.4 Å². The number of hydrogen-bond donors (Lipinski definition) is 0. The molecule has 2 aliphatic rings.